The first-order chi connectivity index (χ1) is 25.2. The van der Waals surface area contributed by atoms with Gasteiger partial charge < -0.3 is 41.0 Å². The highest BCUT2D eigenvalue weighted by molar-refractivity contribution is 5.77. The summed E-state index contributed by atoms with van der Waals surface area (Å²) in [5.41, 5.74) is 7.11. The Balaban J connectivity index is 1.32. The average Bonchev–Trinajstić information content (AvgIpc) is 3.12. The average molecular weight is 721 g/mol. The molecule has 0 aromatic heterocycles. The number of nitrogens with two attached hydrogens (primary N) is 1. The number of phenolic OH excluding ortho intramolecular Hbond substituents is 1. The van der Waals surface area contributed by atoms with Gasteiger partial charge in [0, 0.05) is 65.0 Å². The number of carbonyl (C=O) groups excluding carboxylic acids is 1. The van der Waals surface area contributed by atoms with Gasteiger partial charge in [0.1, 0.15) is 12.2 Å². The van der Waals surface area contributed by atoms with Crippen molar-refractivity contribution >= 4 is 11.9 Å². The summed E-state index contributed by atoms with van der Waals surface area (Å²) in [7, 11) is 0. The zero-order valence-corrected chi connectivity index (χ0v) is 31.7. The van der Waals surface area contributed by atoms with E-state index in [0.29, 0.717) is 68.4 Å². The number of fused-ring (bicyclic) bond motifs is 4. The smallest absolute Gasteiger partial charge is 0.302 e. The van der Waals surface area contributed by atoms with Gasteiger partial charge in [-0.15, -0.1) is 5.92 Å². The van der Waals surface area contributed by atoms with Crippen molar-refractivity contribution in [2.75, 3.05) is 59.0 Å². The van der Waals surface area contributed by atoms with E-state index in [0.717, 1.165) is 89.9 Å². The molecule has 5 aliphatic heterocycles. The van der Waals surface area contributed by atoms with Gasteiger partial charge in [-0.05, 0) is 93.5 Å². The quantitative estimate of drug-likeness (QED) is 0.145. The molecule has 3 saturated heterocycles. The van der Waals surface area contributed by atoms with Gasteiger partial charge in [0.25, 0.3) is 0 Å². The molecule has 1 aliphatic carbocycles. The van der Waals surface area contributed by atoms with E-state index >= 15 is 0 Å². The standard InChI is InChI=1S/C41H64N6O5/c1-3-4-5-8-34-26-46-22-31-18-32(23-46)25-47(24-31)28-45-40(42)44-27-41(34)14-6-7-33(38(51-29(2)48)21-35(49)11-15-41)19-30-9-10-37(50)39(20-30)52-36-12-16-43-17-13-36/h9-10,20,31-36,38,43,49-50H,3-5,7-8,11-13,15-19,21-28H2,1-2H3,(H3,42,44,45)/t31-,32+,33-,34+,35-,38-,41+/m0/s1. The van der Waals surface area contributed by atoms with Crippen LogP contribution in [0.3, 0.4) is 0 Å². The zero-order chi connectivity index (χ0) is 36.5. The normalized spacial score (nSPS) is 34.4. The second-order valence-corrected chi connectivity index (χ2v) is 16.5. The molecule has 1 aromatic rings. The van der Waals surface area contributed by atoms with Crippen LogP contribution in [-0.4, -0.2) is 109 Å². The molecule has 3 fully saturated rings. The van der Waals surface area contributed by atoms with Gasteiger partial charge >= 0.3 is 5.97 Å². The number of aliphatic imine (C=N–C) groups is 1. The number of guanidine groups is 1. The van der Waals surface area contributed by atoms with Crippen LogP contribution >= 0.6 is 0 Å². The van der Waals surface area contributed by atoms with E-state index in [2.05, 4.69) is 39.2 Å². The largest absolute Gasteiger partial charge is 0.504 e. The van der Waals surface area contributed by atoms with E-state index in [-0.39, 0.29) is 23.7 Å². The Morgan fingerprint density at radius 1 is 1.08 bits per heavy atom. The molecule has 4 bridgehead atoms. The highest BCUT2D eigenvalue weighted by Gasteiger charge is 2.42. The second-order valence-electron chi connectivity index (χ2n) is 16.5. The summed E-state index contributed by atoms with van der Waals surface area (Å²) < 4.78 is 12.2. The first-order valence-corrected chi connectivity index (χ1v) is 20.2. The Morgan fingerprint density at radius 3 is 2.60 bits per heavy atom. The van der Waals surface area contributed by atoms with Crippen LogP contribution < -0.4 is 21.1 Å². The van der Waals surface area contributed by atoms with Gasteiger partial charge in [0.2, 0.25) is 0 Å². The lowest BCUT2D eigenvalue weighted by Gasteiger charge is -2.47. The molecule has 288 valence electrons. The van der Waals surface area contributed by atoms with E-state index in [1.165, 1.54) is 19.8 Å². The van der Waals surface area contributed by atoms with Crippen molar-refractivity contribution in [3.63, 3.8) is 0 Å². The molecule has 6 N–H and O–H groups in total. The minimum Gasteiger partial charge on any atom is -0.504 e. The van der Waals surface area contributed by atoms with Crippen molar-refractivity contribution in [2.24, 2.45) is 39.8 Å². The molecule has 0 amide bonds. The molecular formula is C41H64N6O5. The highest BCUT2D eigenvalue weighted by atomic mass is 16.5. The fourth-order valence-electron chi connectivity index (χ4n) is 9.61. The molecule has 52 heavy (non-hydrogen) atoms. The van der Waals surface area contributed by atoms with Gasteiger partial charge in [0.15, 0.2) is 17.5 Å². The molecule has 7 rings (SSSR count). The summed E-state index contributed by atoms with van der Waals surface area (Å²) in [6.07, 6.45) is 9.22. The first-order valence-electron chi connectivity index (χ1n) is 20.2. The van der Waals surface area contributed by atoms with Gasteiger partial charge in [-0.2, -0.15) is 0 Å². The topological polar surface area (TPSA) is 145 Å². The third-order valence-corrected chi connectivity index (χ3v) is 12.2. The number of aromatic hydroxyl groups is 1. The lowest BCUT2D eigenvalue weighted by atomic mass is 9.68. The molecule has 11 nitrogen and oxygen atoms in total. The Morgan fingerprint density at radius 2 is 1.85 bits per heavy atom. The van der Waals surface area contributed by atoms with Gasteiger partial charge in [-0.3, -0.25) is 9.69 Å². The molecular weight excluding hydrogens is 656 g/mol. The third kappa shape index (κ3) is 10.6. The number of hydrogen-bond acceptors (Lipinski definition) is 11. The minimum atomic E-state index is -0.659. The minimum absolute atomic E-state index is 0.0503. The lowest BCUT2D eigenvalue weighted by molar-refractivity contribution is -0.151. The van der Waals surface area contributed by atoms with Crippen molar-refractivity contribution in [1.82, 2.24) is 20.4 Å². The summed E-state index contributed by atoms with van der Waals surface area (Å²) in [4.78, 5) is 22.4. The van der Waals surface area contributed by atoms with Crippen LogP contribution in [0.2, 0.25) is 0 Å². The number of hydrogen-bond donors (Lipinski definition) is 5. The number of esters is 1. The number of rotatable bonds is 9. The summed E-state index contributed by atoms with van der Waals surface area (Å²) in [6, 6.07) is 5.53. The van der Waals surface area contributed by atoms with Crippen LogP contribution in [0.25, 0.3) is 0 Å². The van der Waals surface area contributed by atoms with Crippen molar-refractivity contribution in [2.45, 2.75) is 109 Å². The number of nitrogens with one attached hydrogen (secondary N) is 2. The summed E-state index contributed by atoms with van der Waals surface area (Å²) >= 11 is 0. The van der Waals surface area contributed by atoms with E-state index in [1.54, 1.807) is 6.07 Å². The molecule has 6 aliphatic rings. The Bertz CT molecular complexity index is 1410. The van der Waals surface area contributed by atoms with Crippen molar-refractivity contribution in [3.05, 3.63) is 23.8 Å². The number of benzene rings is 1. The molecule has 0 radical (unpaired) electrons. The van der Waals surface area contributed by atoms with E-state index in [4.69, 9.17) is 20.2 Å². The number of aliphatic hydroxyl groups excluding tert-OH is 1. The number of piperidine rings is 3. The maximum Gasteiger partial charge on any atom is 0.302 e. The molecule has 5 heterocycles. The van der Waals surface area contributed by atoms with Crippen LogP contribution in [-0.2, 0) is 16.0 Å². The Hall–Kier alpha value is -3.04. The Labute approximate surface area is 311 Å². The van der Waals surface area contributed by atoms with Crippen LogP contribution in [0, 0.1) is 40.9 Å². The number of aliphatic hydroxyl groups is 1. The van der Waals surface area contributed by atoms with Gasteiger partial charge in [-0.25, -0.2) is 4.99 Å². The van der Waals surface area contributed by atoms with Crippen LogP contribution in [0.1, 0.15) is 90.0 Å². The van der Waals surface area contributed by atoms with Crippen molar-refractivity contribution in [1.29, 1.82) is 0 Å². The first kappa shape index (κ1) is 38.7. The number of ether oxygens (including phenoxy) is 2. The third-order valence-electron chi connectivity index (χ3n) is 12.2. The SMILES string of the molecule is CCCCC[C@@H]1CN2C[C@@H]3C[C@@H](CN(CN=C(N)NC[C@]14C#CC[C@@H](Cc1ccc(O)c(OC5CCNCC5)c1)[C@@H](OC(C)=O)C[C@@H](O)CC4)C3)C2. The summed E-state index contributed by atoms with van der Waals surface area (Å²) in [5, 5.41) is 29.3. The van der Waals surface area contributed by atoms with Crippen molar-refractivity contribution in [3.8, 4) is 23.3 Å². The molecule has 9 atom stereocenters. The second kappa shape index (κ2) is 18.3. The van der Waals surface area contributed by atoms with Crippen LogP contribution in [0.15, 0.2) is 23.2 Å². The van der Waals surface area contributed by atoms with Crippen molar-refractivity contribution < 1.29 is 24.5 Å². The van der Waals surface area contributed by atoms with Crippen LogP contribution in [0.4, 0.5) is 0 Å². The fourth-order valence-corrected chi connectivity index (χ4v) is 9.61. The molecule has 1 aromatic carbocycles. The highest BCUT2D eigenvalue weighted by Crippen LogP contribution is 2.41. The summed E-state index contributed by atoms with van der Waals surface area (Å²) in [6.45, 7) is 12.0. The summed E-state index contributed by atoms with van der Waals surface area (Å²) in [5.74, 6) is 9.67. The predicted molar refractivity (Wildman–Crippen MR) is 204 cm³/mol. The predicted octanol–water partition coefficient (Wildman–Crippen LogP) is 3.86. The van der Waals surface area contributed by atoms with E-state index < -0.39 is 17.6 Å². The number of unbranched alkanes of at least 4 members (excludes halogenated alkanes) is 2. The fraction of sp³-hybridized carbons (Fsp3) is 0.756. The molecule has 2 unspecified atom stereocenters. The van der Waals surface area contributed by atoms with E-state index in [9.17, 15) is 15.0 Å². The van der Waals surface area contributed by atoms with Gasteiger partial charge in [0.05, 0.1) is 18.2 Å². The molecule has 0 saturated carbocycles. The Kier molecular flexibility index (Phi) is 13.6. The number of carbonyl (C=O) groups is 1. The zero-order valence-electron chi connectivity index (χ0n) is 31.7. The van der Waals surface area contributed by atoms with Gasteiger partial charge in [-0.1, -0.05) is 38.2 Å². The molecule has 11 heteroatoms. The number of phenols is 1. The maximum absolute atomic E-state index is 12.4. The monoisotopic (exact) mass is 720 g/mol. The lowest BCUT2D eigenvalue weighted by Crippen LogP contribution is -2.54. The van der Waals surface area contributed by atoms with E-state index in [1.807, 2.05) is 12.1 Å². The van der Waals surface area contributed by atoms with Crippen LogP contribution in [0.5, 0.6) is 11.5 Å². The molecule has 1 spiro atoms. The maximum atomic E-state index is 12.4. The number of nitrogens with zero attached hydrogens (tertiary/aromatic N) is 3.